The molecule has 36 heavy (non-hydrogen) atoms. The summed E-state index contributed by atoms with van der Waals surface area (Å²) in [7, 11) is 1.60. The van der Waals surface area contributed by atoms with Gasteiger partial charge in [0.1, 0.15) is 29.5 Å². The van der Waals surface area contributed by atoms with Crippen molar-refractivity contribution in [2.75, 3.05) is 20.3 Å². The SMILES string of the molecule is C=CCOc1cccc(C2c3c(oc4ccc(F)cc4c3=O)C(=O)N2CCc2ccc(OC)cc2)c1. The summed E-state index contributed by atoms with van der Waals surface area (Å²) >= 11 is 0. The first-order valence-electron chi connectivity index (χ1n) is 11.5. The fraction of sp³-hybridized carbons (Fsp3) is 0.172. The maximum absolute atomic E-state index is 14.0. The van der Waals surface area contributed by atoms with Crippen LogP contribution in [0.25, 0.3) is 11.0 Å². The predicted octanol–water partition coefficient (Wildman–Crippen LogP) is 5.29. The van der Waals surface area contributed by atoms with Gasteiger partial charge in [-0.3, -0.25) is 9.59 Å². The highest BCUT2D eigenvalue weighted by atomic mass is 19.1. The molecule has 1 aromatic heterocycles. The van der Waals surface area contributed by atoms with E-state index < -0.39 is 17.3 Å². The fourth-order valence-corrected chi connectivity index (χ4v) is 4.54. The highest BCUT2D eigenvalue weighted by Crippen LogP contribution is 2.39. The van der Waals surface area contributed by atoms with E-state index in [-0.39, 0.29) is 28.2 Å². The third-order valence-corrected chi connectivity index (χ3v) is 6.27. The quantitative estimate of drug-likeness (QED) is 0.317. The first-order valence-corrected chi connectivity index (χ1v) is 11.5. The molecule has 1 aliphatic rings. The van der Waals surface area contributed by atoms with Crippen LogP contribution in [0.3, 0.4) is 0 Å². The van der Waals surface area contributed by atoms with Crippen LogP contribution in [-0.2, 0) is 6.42 Å². The second-order valence-corrected chi connectivity index (χ2v) is 8.49. The molecule has 182 valence electrons. The van der Waals surface area contributed by atoms with Crippen LogP contribution in [0.2, 0.25) is 0 Å². The number of benzene rings is 3. The van der Waals surface area contributed by atoms with Crippen LogP contribution in [0.1, 0.15) is 33.3 Å². The molecule has 2 heterocycles. The zero-order valence-corrected chi connectivity index (χ0v) is 19.7. The fourth-order valence-electron chi connectivity index (χ4n) is 4.54. The molecule has 1 aliphatic heterocycles. The summed E-state index contributed by atoms with van der Waals surface area (Å²) < 4.78 is 30.8. The van der Waals surface area contributed by atoms with E-state index in [0.717, 1.165) is 17.4 Å². The molecule has 0 radical (unpaired) electrons. The van der Waals surface area contributed by atoms with E-state index in [9.17, 15) is 14.0 Å². The van der Waals surface area contributed by atoms with Crippen molar-refractivity contribution in [3.05, 3.63) is 118 Å². The minimum atomic E-state index is -0.707. The molecule has 4 aromatic rings. The van der Waals surface area contributed by atoms with Gasteiger partial charge in [0.15, 0.2) is 5.43 Å². The van der Waals surface area contributed by atoms with Gasteiger partial charge in [-0.25, -0.2) is 4.39 Å². The smallest absolute Gasteiger partial charge is 0.290 e. The van der Waals surface area contributed by atoms with Gasteiger partial charge in [0.25, 0.3) is 5.91 Å². The summed E-state index contributed by atoms with van der Waals surface area (Å²) in [5, 5.41) is 0.0996. The van der Waals surface area contributed by atoms with Crippen molar-refractivity contribution in [3.8, 4) is 11.5 Å². The van der Waals surface area contributed by atoms with Crippen molar-refractivity contribution in [2.24, 2.45) is 0 Å². The van der Waals surface area contributed by atoms with E-state index in [1.54, 1.807) is 36.3 Å². The molecule has 0 N–H and O–H groups in total. The normalized spacial score (nSPS) is 14.7. The Morgan fingerprint density at radius 1 is 1.06 bits per heavy atom. The average molecular weight is 486 g/mol. The van der Waals surface area contributed by atoms with Crippen LogP contribution in [0.15, 0.2) is 88.6 Å². The number of amides is 1. The molecule has 0 spiro atoms. The monoisotopic (exact) mass is 485 g/mol. The number of carbonyl (C=O) groups is 1. The molecule has 3 aromatic carbocycles. The van der Waals surface area contributed by atoms with Gasteiger partial charge in [0.2, 0.25) is 5.76 Å². The van der Waals surface area contributed by atoms with Crippen molar-refractivity contribution in [1.29, 1.82) is 0 Å². The number of rotatable bonds is 8. The highest BCUT2D eigenvalue weighted by Gasteiger charge is 2.42. The molecule has 6 nitrogen and oxygen atoms in total. The van der Waals surface area contributed by atoms with Gasteiger partial charge in [-0.1, -0.05) is 36.9 Å². The van der Waals surface area contributed by atoms with Crippen LogP contribution in [0, 0.1) is 5.82 Å². The van der Waals surface area contributed by atoms with Crippen LogP contribution in [0.4, 0.5) is 4.39 Å². The lowest BCUT2D eigenvalue weighted by atomic mass is 9.98. The molecular weight excluding hydrogens is 461 g/mol. The van der Waals surface area contributed by atoms with Crippen molar-refractivity contribution in [1.82, 2.24) is 4.90 Å². The van der Waals surface area contributed by atoms with Crippen LogP contribution >= 0.6 is 0 Å². The Hall–Kier alpha value is -4.39. The van der Waals surface area contributed by atoms with Crippen LogP contribution in [0.5, 0.6) is 11.5 Å². The van der Waals surface area contributed by atoms with E-state index in [1.807, 2.05) is 30.3 Å². The minimum absolute atomic E-state index is 0.0174. The topological polar surface area (TPSA) is 69.0 Å². The Morgan fingerprint density at radius 2 is 1.86 bits per heavy atom. The number of fused-ring (bicyclic) bond motifs is 2. The Labute approximate surface area is 207 Å². The number of nitrogens with zero attached hydrogens (tertiary/aromatic N) is 1. The molecular formula is C29H24FNO5. The van der Waals surface area contributed by atoms with E-state index in [1.165, 1.54) is 12.1 Å². The van der Waals surface area contributed by atoms with E-state index in [0.29, 0.717) is 30.9 Å². The third-order valence-electron chi connectivity index (χ3n) is 6.27. The summed E-state index contributed by atoms with van der Waals surface area (Å²) in [5.41, 5.74) is 1.66. The molecule has 0 aliphatic carbocycles. The van der Waals surface area contributed by atoms with Gasteiger partial charge in [-0.15, -0.1) is 0 Å². The average Bonchev–Trinajstić information content (AvgIpc) is 3.18. The highest BCUT2D eigenvalue weighted by molar-refractivity contribution is 5.99. The van der Waals surface area contributed by atoms with Crippen molar-refractivity contribution in [3.63, 3.8) is 0 Å². The standard InChI is InChI=1S/C29H24FNO5/c1-3-15-35-22-6-4-5-19(16-22)26-25-27(32)23-17-20(30)9-12-24(23)36-28(25)29(33)31(26)14-13-18-7-10-21(34-2)11-8-18/h3-12,16-17,26H,1,13-15H2,2H3. The van der Waals surface area contributed by atoms with Gasteiger partial charge in [-0.05, 0) is 60.0 Å². The van der Waals surface area contributed by atoms with E-state index in [2.05, 4.69) is 6.58 Å². The number of halogens is 1. The predicted molar refractivity (Wildman–Crippen MR) is 134 cm³/mol. The summed E-state index contributed by atoms with van der Waals surface area (Å²) in [6.45, 7) is 4.32. The van der Waals surface area contributed by atoms with Gasteiger partial charge in [0, 0.05) is 6.54 Å². The summed E-state index contributed by atoms with van der Waals surface area (Å²) in [4.78, 5) is 28.8. The van der Waals surface area contributed by atoms with Crippen molar-refractivity contribution < 1.29 is 23.1 Å². The molecule has 1 amide bonds. The molecule has 1 atom stereocenters. The van der Waals surface area contributed by atoms with Crippen molar-refractivity contribution in [2.45, 2.75) is 12.5 Å². The Bertz CT molecular complexity index is 1510. The molecule has 1 unspecified atom stereocenters. The van der Waals surface area contributed by atoms with E-state index in [4.69, 9.17) is 13.9 Å². The lowest BCUT2D eigenvalue weighted by molar-refractivity contribution is 0.0730. The van der Waals surface area contributed by atoms with Crippen LogP contribution in [-0.4, -0.2) is 31.1 Å². The Morgan fingerprint density at radius 3 is 2.61 bits per heavy atom. The van der Waals surface area contributed by atoms with Gasteiger partial charge in [0.05, 0.1) is 24.1 Å². The summed E-state index contributed by atoms with van der Waals surface area (Å²) in [6, 6.07) is 17.8. The Kier molecular flexibility index (Phi) is 6.29. The number of ether oxygens (including phenoxy) is 2. The van der Waals surface area contributed by atoms with Gasteiger partial charge >= 0.3 is 0 Å². The van der Waals surface area contributed by atoms with Crippen molar-refractivity contribution >= 4 is 16.9 Å². The second-order valence-electron chi connectivity index (χ2n) is 8.49. The molecule has 0 bridgehead atoms. The van der Waals surface area contributed by atoms with Gasteiger partial charge < -0.3 is 18.8 Å². The maximum atomic E-state index is 14.0. The van der Waals surface area contributed by atoms with Crippen LogP contribution < -0.4 is 14.9 Å². The van der Waals surface area contributed by atoms with Gasteiger partial charge in [-0.2, -0.15) is 0 Å². The Balaban J connectivity index is 1.59. The molecule has 5 rings (SSSR count). The van der Waals surface area contributed by atoms with E-state index >= 15 is 0 Å². The first kappa shape index (κ1) is 23.4. The second kappa shape index (κ2) is 9.70. The zero-order chi connectivity index (χ0) is 25.2. The minimum Gasteiger partial charge on any atom is -0.497 e. The maximum Gasteiger partial charge on any atom is 0.290 e. The molecule has 0 saturated carbocycles. The largest absolute Gasteiger partial charge is 0.497 e. The number of methoxy groups -OCH3 is 1. The third kappa shape index (κ3) is 4.24. The number of hydrogen-bond donors (Lipinski definition) is 0. The number of hydrogen-bond acceptors (Lipinski definition) is 5. The lowest BCUT2D eigenvalue weighted by Crippen LogP contribution is -2.31. The lowest BCUT2D eigenvalue weighted by Gasteiger charge is -2.25. The molecule has 0 saturated heterocycles. The summed E-state index contributed by atoms with van der Waals surface area (Å²) in [6.07, 6.45) is 2.19. The summed E-state index contributed by atoms with van der Waals surface area (Å²) in [5.74, 6) is 0.373. The first-order chi connectivity index (χ1) is 17.5. The molecule has 7 heteroatoms. The zero-order valence-electron chi connectivity index (χ0n) is 19.7. The number of carbonyl (C=O) groups excluding carboxylic acids is 1. The molecule has 0 fully saturated rings.